The summed E-state index contributed by atoms with van der Waals surface area (Å²) in [4.78, 5) is 6.99. The van der Waals surface area contributed by atoms with E-state index in [-0.39, 0.29) is 11.4 Å². The number of nitrogens with two attached hydrogens (primary N) is 1. The summed E-state index contributed by atoms with van der Waals surface area (Å²) >= 11 is 0. The summed E-state index contributed by atoms with van der Waals surface area (Å²) in [5, 5.41) is 0. The summed E-state index contributed by atoms with van der Waals surface area (Å²) in [6.45, 7) is 0.530. The van der Waals surface area contributed by atoms with Crippen LogP contribution in [0.3, 0.4) is 0 Å². The van der Waals surface area contributed by atoms with Gasteiger partial charge in [-0.1, -0.05) is 17.9 Å². The summed E-state index contributed by atoms with van der Waals surface area (Å²) in [7, 11) is -3.54. The molecule has 0 aliphatic heterocycles. The fraction of sp³-hybridized carbons (Fsp3) is 0.214. The average molecular weight is 304 g/mol. The van der Waals surface area contributed by atoms with E-state index >= 15 is 0 Å². The fourth-order valence-electron chi connectivity index (χ4n) is 1.72. The Morgan fingerprint density at radius 1 is 1.38 bits per heavy atom. The van der Waals surface area contributed by atoms with Crippen LogP contribution in [0.4, 0.5) is 0 Å². The highest BCUT2D eigenvalue weighted by atomic mass is 32.2. The number of hydrogen-bond donors (Lipinski definition) is 3. The number of aromatic nitrogens is 2. The predicted octanol–water partition coefficient (Wildman–Crippen LogP) is 0.241. The molecule has 2 aromatic rings. The van der Waals surface area contributed by atoms with Gasteiger partial charge in [0.05, 0.1) is 17.8 Å². The summed E-state index contributed by atoms with van der Waals surface area (Å²) < 4.78 is 26.9. The molecule has 1 heterocycles. The van der Waals surface area contributed by atoms with E-state index < -0.39 is 10.0 Å². The van der Waals surface area contributed by atoms with Gasteiger partial charge in [0.2, 0.25) is 10.0 Å². The molecule has 0 saturated carbocycles. The van der Waals surface area contributed by atoms with Gasteiger partial charge < -0.3 is 10.7 Å². The third-order valence-corrected chi connectivity index (χ3v) is 4.18. The monoisotopic (exact) mass is 304 g/mol. The Hall–Kier alpha value is -2.14. The van der Waals surface area contributed by atoms with Crippen LogP contribution in [0.2, 0.25) is 0 Å². The minimum absolute atomic E-state index is 0.191. The van der Waals surface area contributed by atoms with Gasteiger partial charge in [-0.05, 0) is 18.2 Å². The van der Waals surface area contributed by atoms with Gasteiger partial charge in [-0.3, -0.25) is 0 Å². The Labute approximate surface area is 123 Å². The average Bonchev–Trinajstić information content (AvgIpc) is 2.98. The van der Waals surface area contributed by atoms with Crippen molar-refractivity contribution in [3.05, 3.63) is 48.0 Å². The first-order valence-corrected chi connectivity index (χ1v) is 7.86. The van der Waals surface area contributed by atoms with Crippen LogP contribution in [0.5, 0.6) is 0 Å². The van der Waals surface area contributed by atoms with E-state index in [1.165, 1.54) is 12.1 Å². The molecule has 0 unspecified atom stereocenters. The van der Waals surface area contributed by atoms with Crippen molar-refractivity contribution in [3.8, 4) is 11.8 Å². The lowest BCUT2D eigenvalue weighted by atomic mass is 10.2. The van der Waals surface area contributed by atoms with Crippen LogP contribution in [-0.4, -0.2) is 31.5 Å². The van der Waals surface area contributed by atoms with Gasteiger partial charge in [-0.15, -0.1) is 0 Å². The lowest BCUT2D eigenvalue weighted by molar-refractivity contribution is 0.581. The van der Waals surface area contributed by atoms with Crippen LogP contribution in [0.1, 0.15) is 11.3 Å². The van der Waals surface area contributed by atoms with Gasteiger partial charge in [0.15, 0.2) is 0 Å². The predicted molar refractivity (Wildman–Crippen MR) is 79.9 cm³/mol. The Kier molecular flexibility index (Phi) is 5.11. The van der Waals surface area contributed by atoms with Crippen molar-refractivity contribution < 1.29 is 8.42 Å². The third kappa shape index (κ3) is 4.43. The maximum Gasteiger partial charge on any atom is 0.240 e. The Morgan fingerprint density at radius 2 is 2.24 bits per heavy atom. The highest BCUT2D eigenvalue weighted by Crippen LogP contribution is 2.10. The van der Waals surface area contributed by atoms with Gasteiger partial charge in [-0.2, -0.15) is 0 Å². The molecular formula is C14H16N4O2S. The second-order valence-corrected chi connectivity index (χ2v) is 6.03. The zero-order valence-electron chi connectivity index (χ0n) is 11.3. The van der Waals surface area contributed by atoms with E-state index in [2.05, 4.69) is 26.5 Å². The first-order chi connectivity index (χ1) is 10.1. The molecule has 0 amide bonds. The van der Waals surface area contributed by atoms with Crippen molar-refractivity contribution in [1.29, 1.82) is 0 Å². The topological polar surface area (TPSA) is 101 Å². The largest absolute Gasteiger partial charge is 0.348 e. The van der Waals surface area contributed by atoms with E-state index in [0.717, 1.165) is 5.69 Å². The molecule has 110 valence electrons. The lowest BCUT2D eigenvalue weighted by Gasteiger charge is -2.06. The Morgan fingerprint density at radius 3 is 2.95 bits per heavy atom. The first kappa shape index (κ1) is 15.3. The molecule has 4 N–H and O–H groups in total. The van der Waals surface area contributed by atoms with Gasteiger partial charge in [0.1, 0.15) is 0 Å². The molecule has 1 aromatic heterocycles. The molecule has 0 spiro atoms. The van der Waals surface area contributed by atoms with Crippen LogP contribution < -0.4 is 10.5 Å². The van der Waals surface area contributed by atoms with Crippen molar-refractivity contribution in [2.24, 2.45) is 5.73 Å². The number of sulfonamides is 1. The molecule has 0 radical (unpaired) electrons. The summed E-state index contributed by atoms with van der Waals surface area (Å²) in [6, 6.07) is 6.46. The summed E-state index contributed by atoms with van der Waals surface area (Å²) in [5.74, 6) is 5.51. The first-order valence-electron chi connectivity index (χ1n) is 6.38. The molecule has 0 saturated heterocycles. The van der Waals surface area contributed by atoms with Crippen molar-refractivity contribution in [2.45, 2.75) is 11.3 Å². The van der Waals surface area contributed by atoms with Crippen LogP contribution in [-0.2, 0) is 16.4 Å². The highest BCUT2D eigenvalue weighted by molar-refractivity contribution is 7.89. The summed E-state index contributed by atoms with van der Waals surface area (Å²) in [5.41, 5.74) is 6.80. The molecule has 6 nitrogen and oxygen atoms in total. The number of benzene rings is 1. The minimum atomic E-state index is -3.54. The number of nitrogens with zero attached hydrogens (tertiary/aromatic N) is 1. The van der Waals surface area contributed by atoms with Crippen LogP contribution >= 0.6 is 0 Å². The van der Waals surface area contributed by atoms with E-state index in [0.29, 0.717) is 18.5 Å². The minimum Gasteiger partial charge on any atom is -0.348 e. The lowest BCUT2D eigenvalue weighted by Crippen LogP contribution is -2.26. The Balaban J connectivity index is 2.04. The third-order valence-electron chi connectivity index (χ3n) is 2.72. The zero-order valence-corrected chi connectivity index (χ0v) is 12.2. The molecule has 1 aromatic carbocycles. The molecule has 2 rings (SSSR count). The zero-order chi connectivity index (χ0) is 15.1. The van der Waals surface area contributed by atoms with E-state index in [4.69, 9.17) is 5.73 Å². The number of aromatic amines is 1. The number of hydrogen-bond acceptors (Lipinski definition) is 4. The molecule has 0 fully saturated rings. The Bertz CT molecular complexity index is 743. The number of H-pyrrole nitrogens is 1. The van der Waals surface area contributed by atoms with E-state index in [1.807, 2.05) is 0 Å². The van der Waals surface area contributed by atoms with Crippen molar-refractivity contribution in [3.63, 3.8) is 0 Å². The molecule has 0 bridgehead atoms. The second kappa shape index (κ2) is 7.04. The molecular weight excluding hydrogens is 288 g/mol. The van der Waals surface area contributed by atoms with Crippen molar-refractivity contribution in [1.82, 2.24) is 14.7 Å². The maximum atomic E-state index is 12.2. The smallest absolute Gasteiger partial charge is 0.240 e. The molecule has 0 aliphatic rings. The fourth-order valence-corrected chi connectivity index (χ4v) is 2.80. The van der Waals surface area contributed by atoms with Crippen LogP contribution in [0.15, 0.2) is 41.7 Å². The SMILES string of the molecule is NCC#Cc1cccc(S(=O)(=O)NCCc2cnc[nH]2)c1. The molecule has 0 aliphatic carbocycles. The second-order valence-electron chi connectivity index (χ2n) is 4.26. The standard InChI is InChI=1S/C14H16N4O2S/c15-7-2-4-12-3-1-5-14(9-12)21(19,20)18-8-6-13-10-16-11-17-13/h1,3,5,9-11,18H,6-8,15H2,(H,16,17). The number of nitrogens with one attached hydrogen (secondary N) is 2. The van der Waals surface area contributed by atoms with Gasteiger partial charge >= 0.3 is 0 Å². The normalized spacial score (nSPS) is 10.9. The quantitative estimate of drug-likeness (QED) is 0.689. The maximum absolute atomic E-state index is 12.2. The van der Waals surface area contributed by atoms with Crippen LogP contribution in [0.25, 0.3) is 0 Å². The van der Waals surface area contributed by atoms with Crippen molar-refractivity contribution in [2.75, 3.05) is 13.1 Å². The van der Waals surface area contributed by atoms with Crippen molar-refractivity contribution >= 4 is 10.0 Å². The molecule has 0 atom stereocenters. The van der Waals surface area contributed by atoms with Crippen LogP contribution in [0, 0.1) is 11.8 Å². The number of rotatable bonds is 5. The van der Waals surface area contributed by atoms with E-state index in [1.54, 1.807) is 24.7 Å². The molecule has 21 heavy (non-hydrogen) atoms. The molecule has 7 heteroatoms. The highest BCUT2D eigenvalue weighted by Gasteiger charge is 2.13. The van der Waals surface area contributed by atoms with Gasteiger partial charge in [0.25, 0.3) is 0 Å². The van der Waals surface area contributed by atoms with Gasteiger partial charge in [0, 0.05) is 30.4 Å². The van der Waals surface area contributed by atoms with Gasteiger partial charge in [-0.25, -0.2) is 18.1 Å². The summed E-state index contributed by atoms with van der Waals surface area (Å²) in [6.07, 6.45) is 3.77. The number of imidazole rings is 1. The van der Waals surface area contributed by atoms with E-state index in [9.17, 15) is 8.42 Å².